The summed E-state index contributed by atoms with van der Waals surface area (Å²) in [5.41, 5.74) is 1.17. The molecule has 0 bridgehead atoms. The lowest BCUT2D eigenvalue weighted by atomic mass is 10.0. The average molecular weight is 423 g/mol. The maximum atomic E-state index is 12.9. The molecule has 1 aromatic heterocycles. The van der Waals surface area contributed by atoms with Gasteiger partial charge in [-0.25, -0.2) is 13.2 Å². The first-order chi connectivity index (χ1) is 14.3. The van der Waals surface area contributed by atoms with Gasteiger partial charge < -0.3 is 9.15 Å². The first kappa shape index (κ1) is 20.0. The number of fused-ring (bicyclic) bond motifs is 3. The number of hydrogen-bond donors (Lipinski definition) is 1. The van der Waals surface area contributed by atoms with Crippen LogP contribution in [0.1, 0.15) is 30.0 Å². The van der Waals surface area contributed by atoms with Crippen LogP contribution in [-0.4, -0.2) is 20.5 Å². The number of rotatable bonds is 5. The van der Waals surface area contributed by atoms with Crippen LogP contribution in [0.4, 0.5) is 5.69 Å². The second-order valence-corrected chi connectivity index (χ2v) is 8.93. The molecule has 0 aliphatic rings. The summed E-state index contributed by atoms with van der Waals surface area (Å²) in [5.74, 6) is -0.0859. The third-order valence-corrected chi connectivity index (χ3v) is 6.10. The standard InChI is InChI=1S/C23H21NO5S/c1-14(2)28-23(25)21-15(3)29-22-18-12-8-7-11-17(18)20(13-19(21)22)24-30(26,27)16-9-5-4-6-10-16/h4-14,24H,1-3H3. The van der Waals surface area contributed by atoms with Gasteiger partial charge in [-0.3, -0.25) is 4.72 Å². The number of nitrogens with one attached hydrogen (secondary N) is 1. The van der Waals surface area contributed by atoms with Gasteiger partial charge in [-0.2, -0.15) is 0 Å². The molecule has 0 fully saturated rings. The number of benzene rings is 3. The van der Waals surface area contributed by atoms with Crippen molar-refractivity contribution in [2.75, 3.05) is 4.72 Å². The highest BCUT2D eigenvalue weighted by Crippen LogP contribution is 2.37. The van der Waals surface area contributed by atoms with Crippen molar-refractivity contribution in [3.63, 3.8) is 0 Å². The molecule has 0 amide bonds. The topological polar surface area (TPSA) is 85.6 Å². The third-order valence-electron chi connectivity index (χ3n) is 4.72. The summed E-state index contributed by atoms with van der Waals surface area (Å²) in [7, 11) is -3.82. The van der Waals surface area contributed by atoms with Crippen LogP contribution in [0.25, 0.3) is 21.7 Å². The lowest BCUT2D eigenvalue weighted by Crippen LogP contribution is -2.14. The van der Waals surface area contributed by atoms with Crippen molar-refractivity contribution in [2.24, 2.45) is 0 Å². The molecule has 154 valence electrons. The van der Waals surface area contributed by atoms with Crippen molar-refractivity contribution >= 4 is 43.4 Å². The summed E-state index contributed by atoms with van der Waals surface area (Å²) >= 11 is 0. The summed E-state index contributed by atoms with van der Waals surface area (Å²) < 4.78 is 39.8. The van der Waals surface area contributed by atoms with Crippen LogP contribution < -0.4 is 4.72 Å². The van der Waals surface area contributed by atoms with E-state index in [2.05, 4.69) is 4.72 Å². The molecule has 4 aromatic rings. The average Bonchev–Trinajstić information content (AvgIpc) is 3.04. The normalized spacial score (nSPS) is 11.9. The number of furan rings is 1. The SMILES string of the molecule is Cc1oc2c(cc(NS(=O)(=O)c3ccccc3)c3ccccc32)c1C(=O)OC(C)C. The van der Waals surface area contributed by atoms with Crippen molar-refractivity contribution in [1.29, 1.82) is 0 Å². The molecule has 0 aliphatic heterocycles. The van der Waals surface area contributed by atoms with E-state index >= 15 is 0 Å². The molecule has 0 spiro atoms. The first-order valence-electron chi connectivity index (χ1n) is 9.51. The molecule has 7 heteroatoms. The smallest absolute Gasteiger partial charge is 0.342 e. The number of hydrogen-bond acceptors (Lipinski definition) is 5. The highest BCUT2D eigenvalue weighted by atomic mass is 32.2. The van der Waals surface area contributed by atoms with Gasteiger partial charge in [0.15, 0.2) is 0 Å². The van der Waals surface area contributed by atoms with Crippen molar-refractivity contribution in [2.45, 2.75) is 31.8 Å². The molecular formula is C23H21NO5S. The van der Waals surface area contributed by atoms with Gasteiger partial charge in [0.25, 0.3) is 10.0 Å². The molecule has 0 saturated carbocycles. The number of esters is 1. The van der Waals surface area contributed by atoms with E-state index in [0.29, 0.717) is 38.8 Å². The molecule has 6 nitrogen and oxygen atoms in total. The second kappa shape index (κ2) is 7.50. The Morgan fingerprint density at radius 3 is 2.27 bits per heavy atom. The van der Waals surface area contributed by atoms with E-state index in [9.17, 15) is 13.2 Å². The van der Waals surface area contributed by atoms with Crippen LogP contribution in [0.15, 0.2) is 70.0 Å². The second-order valence-electron chi connectivity index (χ2n) is 7.25. The Balaban J connectivity index is 1.94. The molecule has 4 rings (SSSR count). The Bertz CT molecular complexity index is 1350. The first-order valence-corrected chi connectivity index (χ1v) is 11.0. The zero-order valence-electron chi connectivity index (χ0n) is 16.8. The predicted molar refractivity (Wildman–Crippen MR) is 116 cm³/mol. The maximum Gasteiger partial charge on any atom is 0.342 e. The fourth-order valence-corrected chi connectivity index (χ4v) is 4.54. The Hall–Kier alpha value is -3.32. The van der Waals surface area contributed by atoms with Crippen molar-refractivity contribution in [3.8, 4) is 0 Å². The molecule has 0 aliphatic carbocycles. The van der Waals surface area contributed by atoms with Crippen LogP contribution in [0.5, 0.6) is 0 Å². The number of sulfonamides is 1. The zero-order chi connectivity index (χ0) is 21.5. The van der Waals surface area contributed by atoms with Gasteiger partial charge in [0.1, 0.15) is 16.9 Å². The maximum absolute atomic E-state index is 12.9. The molecular weight excluding hydrogens is 402 g/mol. The minimum Gasteiger partial charge on any atom is -0.460 e. The van der Waals surface area contributed by atoms with Gasteiger partial charge in [-0.05, 0) is 39.0 Å². The van der Waals surface area contributed by atoms with Crippen LogP contribution in [0, 0.1) is 6.92 Å². The zero-order valence-corrected chi connectivity index (χ0v) is 17.6. The van der Waals surface area contributed by atoms with E-state index in [4.69, 9.17) is 9.15 Å². The Labute approximate surface area is 174 Å². The van der Waals surface area contributed by atoms with E-state index in [1.165, 1.54) is 12.1 Å². The van der Waals surface area contributed by atoms with Crippen LogP contribution in [0.2, 0.25) is 0 Å². The van der Waals surface area contributed by atoms with E-state index in [0.717, 1.165) is 0 Å². The highest BCUT2D eigenvalue weighted by Gasteiger charge is 2.24. The minimum atomic E-state index is -3.82. The van der Waals surface area contributed by atoms with E-state index < -0.39 is 16.0 Å². The summed E-state index contributed by atoms with van der Waals surface area (Å²) in [5, 5.41) is 1.87. The van der Waals surface area contributed by atoms with Crippen molar-refractivity contribution < 1.29 is 22.4 Å². The van der Waals surface area contributed by atoms with Gasteiger partial charge in [-0.15, -0.1) is 0 Å². The molecule has 0 unspecified atom stereocenters. The van der Waals surface area contributed by atoms with E-state index in [-0.39, 0.29) is 11.0 Å². The third kappa shape index (κ3) is 3.52. The quantitative estimate of drug-likeness (QED) is 0.443. The number of carbonyl (C=O) groups excluding carboxylic acids is 1. The summed E-state index contributed by atoms with van der Waals surface area (Å²) in [4.78, 5) is 12.8. The minimum absolute atomic E-state index is 0.150. The van der Waals surface area contributed by atoms with Crippen molar-refractivity contribution in [3.05, 3.63) is 72.0 Å². The highest BCUT2D eigenvalue weighted by molar-refractivity contribution is 7.92. The van der Waals surface area contributed by atoms with Gasteiger partial charge >= 0.3 is 5.97 Å². The number of ether oxygens (including phenoxy) is 1. The molecule has 0 atom stereocenters. The number of carbonyl (C=O) groups is 1. The lowest BCUT2D eigenvalue weighted by molar-refractivity contribution is 0.0378. The van der Waals surface area contributed by atoms with Crippen molar-refractivity contribution in [1.82, 2.24) is 0 Å². The predicted octanol–water partition coefficient (Wildman–Crippen LogP) is 5.26. The van der Waals surface area contributed by atoms with Gasteiger partial charge in [0.05, 0.1) is 16.7 Å². The molecule has 1 heterocycles. The fourth-order valence-electron chi connectivity index (χ4n) is 3.45. The lowest BCUT2D eigenvalue weighted by Gasteiger charge is -2.12. The number of anilines is 1. The van der Waals surface area contributed by atoms with Crippen LogP contribution in [-0.2, 0) is 14.8 Å². The fraction of sp³-hybridized carbons (Fsp3) is 0.174. The monoisotopic (exact) mass is 423 g/mol. The number of aryl methyl sites for hydroxylation is 1. The molecule has 0 radical (unpaired) electrons. The Morgan fingerprint density at radius 1 is 0.967 bits per heavy atom. The molecule has 30 heavy (non-hydrogen) atoms. The summed E-state index contributed by atoms with van der Waals surface area (Å²) in [6.45, 7) is 5.23. The Kier molecular flexibility index (Phi) is 4.99. The largest absolute Gasteiger partial charge is 0.460 e. The van der Waals surface area contributed by atoms with Crippen LogP contribution in [0.3, 0.4) is 0 Å². The summed E-state index contributed by atoms with van der Waals surface area (Å²) in [6, 6.07) is 17.0. The summed E-state index contributed by atoms with van der Waals surface area (Å²) in [6.07, 6.45) is -0.293. The molecule has 1 N–H and O–H groups in total. The molecule has 3 aromatic carbocycles. The molecule has 0 saturated heterocycles. The van der Waals surface area contributed by atoms with Crippen LogP contribution >= 0.6 is 0 Å². The van der Waals surface area contributed by atoms with Gasteiger partial charge in [0.2, 0.25) is 0 Å². The van der Waals surface area contributed by atoms with Gasteiger partial charge in [-0.1, -0.05) is 42.5 Å². The van der Waals surface area contributed by atoms with E-state index in [1.807, 2.05) is 24.3 Å². The Morgan fingerprint density at radius 2 is 1.60 bits per heavy atom. The van der Waals surface area contributed by atoms with E-state index in [1.54, 1.807) is 45.0 Å². The van der Waals surface area contributed by atoms with Gasteiger partial charge in [0, 0.05) is 16.2 Å².